The minimum absolute atomic E-state index is 0.0613. The quantitative estimate of drug-likeness (QED) is 0.836. The number of hydrogen-bond donors (Lipinski definition) is 2. The lowest BCUT2D eigenvalue weighted by molar-refractivity contribution is 0.264. The Bertz CT molecular complexity index is 590. The molecule has 1 atom stereocenters. The molecule has 0 spiro atoms. The minimum atomic E-state index is -3.59. The molecule has 0 bridgehead atoms. The molecule has 6 nitrogen and oxygen atoms in total. The van der Waals surface area contributed by atoms with E-state index >= 15 is 0 Å². The van der Waals surface area contributed by atoms with E-state index in [-0.39, 0.29) is 21.7 Å². The molecule has 8 heteroatoms. The summed E-state index contributed by atoms with van der Waals surface area (Å²) in [6.45, 7) is 2.16. The number of aliphatic hydroxyl groups excluding tert-OH is 1. The summed E-state index contributed by atoms with van der Waals surface area (Å²) in [4.78, 5) is 13.4. The second kappa shape index (κ2) is 5.74. The Hall–Kier alpha value is -0.700. The summed E-state index contributed by atoms with van der Waals surface area (Å²) in [5.74, 6) is 0. The molecule has 1 fully saturated rings. The standard InChI is InChI=1S/C11H18N2O4S2/c1-8-10(18-11(15)12-8)19(16,17)13-6-2-4-9(13)5-3-7-14/h9,14H,2-7H2,1H3,(H,12,15). The lowest BCUT2D eigenvalue weighted by atomic mass is 10.1. The van der Waals surface area contributed by atoms with Crippen molar-refractivity contribution in [2.75, 3.05) is 13.2 Å². The van der Waals surface area contributed by atoms with Gasteiger partial charge in [-0.05, 0) is 32.6 Å². The van der Waals surface area contributed by atoms with Crippen molar-refractivity contribution in [3.8, 4) is 0 Å². The molecule has 19 heavy (non-hydrogen) atoms. The Balaban J connectivity index is 2.28. The number of aryl methyl sites for hydroxylation is 1. The number of H-pyrrole nitrogens is 1. The van der Waals surface area contributed by atoms with Crippen LogP contribution < -0.4 is 4.87 Å². The van der Waals surface area contributed by atoms with Crippen LogP contribution in [0.15, 0.2) is 9.00 Å². The first-order chi connectivity index (χ1) is 8.96. The van der Waals surface area contributed by atoms with Gasteiger partial charge in [0.1, 0.15) is 0 Å². The summed E-state index contributed by atoms with van der Waals surface area (Å²) in [7, 11) is -3.59. The zero-order valence-corrected chi connectivity index (χ0v) is 12.4. The van der Waals surface area contributed by atoms with E-state index in [2.05, 4.69) is 4.98 Å². The minimum Gasteiger partial charge on any atom is -0.396 e. The van der Waals surface area contributed by atoms with Crippen LogP contribution in [0, 0.1) is 6.92 Å². The summed E-state index contributed by atoms with van der Waals surface area (Å²) in [5.41, 5.74) is 0.405. The van der Waals surface area contributed by atoms with E-state index in [0.717, 1.165) is 24.2 Å². The van der Waals surface area contributed by atoms with Gasteiger partial charge in [-0.1, -0.05) is 11.3 Å². The highest BCUT2D eigenvalue weighted by Crippen LogP contribution is 2.30. The average molecular weight is 306 g/mol. The Morgan fingerprint density at radius 1 is 1.53 bits per heavy atom. The number of nitrogens with zero attached hydrogens (tertiary/aromatic N) is 1. The molecule has 2 heterocycles. The van der Waals surface area contributed by atoms with Gasteiger partial charge in [-0.15, -0.1) is 0 Å². The summed E-state index contributed by atoms with van der Waals surface area (Å²) in [6.07, 6.45) is 2.90. The Morgan fingerprint density at radius 3 is 2.84 bits per heavy atom. The van der Waals surface area contributed by atoms with Crippen molar-refractivity contribution in [1.29, 1.82) is 0 Å². The van der Waals surface area contributed by atoms with E-state index in [4.69, 9.17) is 5.11 Å². The molecule has 1 aromatic rings. The van der Waals surface area contributed by atoms with Crippen molar-refractivity contribution in [3.05, 3.63) is 15.4 Å². The molecule has 0 aromatic carbocycles. The number of thiazole rings is 1. The molecule has 0 aliphatic carbocycles. The lowest BCUT2D eigenvalue weighted by Gasteiger charge is -2.23. The third-order valence-corrected chi connectivity index (χ3v) is 6.88. The second-order valence-electron chi connectivity index (χ2n) is 4.70. The van der Waals surface area contributed by atoms with Gasteiger partial charge in [-0.2, -0.15) is 4.31 Å². The maximum Gasteiger partial charge on any atom is 0.305 e. The number of hydrogen-bond acceptors (Lipinski definition) is 5. The second-order valence-corrected chi connectivity index (χ2v) is 7.77. The van der Waals surface area contributed by atoms with Crippen molar-refractivity contribution in [1.82, 2.24) is 9.29 Å². The van der Waals surface area contributed by atoms with E-state index in [1.807, 2.05) is 0 Å². The van der Waals surface area contributed by atoms with Crippen LogP contribution >= 0.6 is 11.3 Å². The van der Waals surface area contributed by atoms with Crippen molar-refractivity contribution in [2.45, 2.75) is 42.9 Å². The highest BCUT2D eigenvalue weighted by molar-refractivity contribution is 7.91. The van der Waals surface area contributed by atoms with Crippen molar-refractivity contribution in [2.24, 2.45) is 0 Å². The predicted octanol–water partition coefficient (Wildman–Crippen LogP) is 0.670. The first-order valence-corrected chi connectivity index (χ1v) is 8.55. The molecule has 2 N–H and O–H groups in total. The highest BCUT2D eigenvalue weighted by Gasteiger charge is 2.36. The van der Waals surface area contributed by atoms with E-state index < -0.39 is 10.0 Å². The van der Waals surface area contributed by atoms with Crippen LogP contribution in [-0.2, 0) is 10.0 Å². The van der Waals surface area contributed by atoms with Crippen LogP contribution in [0.1, 0.15) is 31.4 Å². The van der Waals surface area contributed by atoms with Crippen LogP contribution in [0.3, 0.4) is 0 Å². The van der Waals surface area contributed by atoms with E-state index in [0.29, 0.717) is 25.1 Å². The number of aliphatic hydroxyl groups is 1. The first kappa shape index (κ1) is 14.7. The Kier molecular flexibility index (Phi) is 4.44. The van der Waals surface area contributed by atoms with Crippen molar-refractivity contribution in [3.63, 3.8) is 0 Å². The smallest absolute Gasteiger partial charge is 0.305 e. The fourth-order valence-electron chi connectivity index (χ4n) is 2.48. The van der Waals surface area contributed by atoms with Gasteiger partial charge in [0.25, 0.3) is 10.0 Å². The normalized spacial score (nSPS) is 21.1. The van der Waals surface area contributed by atoms with Crippen LogP contribution in [0.25, 0.3) is 0 Å². The number of nitrogens with one attached hydrogen (secondary N) is 1. The monoisotopic (exact) mass is 306 g/mol. The first-order valence-electron chi connectivity index (χ1n) is 6.29. The van der Waals surface area contributed by atoms with Gasteiger partial charge >= 0.3 is 4.87 Å². The van der Waals surface area contributed by atoms with Gasteiger partial charge in [0, 0.05) is 24.9 Å². The van der Waals surface area contributed by atoms with Gasteiger partial charge in [-0.3, -0.25) is 4.79 Å². The zero-order valence-electron chi connectivity index (χ0n) is 10.8. The molecular formula is C11H18N2O4S2. The van der Waals surface area contributed by atoms with Gasteiger partial charge in [0.05, 0.1) is 0 Å². The molecule has 0 amide bonds. The molecule has 1 saturated heterocycles. The van der Waals surface area contributed by atoms with Crippen LogP contribution in [-0.4, -0.2) is 42.0 Å². The summed E-state index contributed by atoms with van der Waals surface area (Å²) >= 11 is 0.744. The third kappa shape index (κ3) is 2.91. The zero-order chi connectivity index (χ0) is 14.0. The average Bonchev–Trinajstić information content (AvgIpc) is 2.93. The van der Waals surface area contributed by atoms with Gasteiger partial charge in [0.2, 0.25) is 0 Å². The molecule has 1 unspecified atom stereocenters. The van der Waals surface area contributed by atoms with E-state index in [9.17, 15) is 13.2 Å². The maximum atomic E-state index is 12.6. The maximum absolute atomic E-state index is 12.6. The summed E-state index contributed by atoms with van der Waals surface area (Å²) in [5, 5.41) is 8.87. The fourth-order valence-corrected chi connectivity index (χ4v) is 5.62. The SMILES string of the molecule is Cc1[nH]c(=O)sc1S(=O)(=O)N1CCCC1CCCO. The molecule has 1 aromatic heterocycles. The molecule has 108 valence electrons. The van der Waals surface area contributed by atoms with E-state index in [1.165, 1.54) is 4.31 Å². The Labute approximate surface area is 116 Å². The topological polar surface area (TPSA) is 90.5 Å². The fraction of sp³-hybridized carbons (Fsp3) is 0.727. The highest BCUT2D eigenvalue weighted by atomic mass is 32.2. The van der Waals surface area contributed by atoms with Crippen LogP contribution in [0.4, 0.5) is 0 Å². The molecule has 2 rings (SSSR count). The van der Waals surface area contributed by atoms with Gasteiger partial charge in [0.15, 0.2) is 4.21 Å². The molecular weight excluding hydrogens is 288 g/mol. The number of aromatic amines is 1. The lowest BCUT2D eigenvalue weighted by Crippen LogP contribution is -2.35. The molecule has 1 aliphatic heterocycles. The summed E-state index contributed by atoms with van der Waals surface area (Å²) in [6, 6.07) is -0.0613. The molecule has 0 radical (unpaired) electrons. The van der Waals surface area contributed by atoms with Crippen LogP contribution in [0.2, 0.25) is 0 Å². The summed E-state index contributed by atoms with van der Waals surface area (Å²) < 4.78 is 26.7. The Morgan fingerprint density at radius 2 is 2.26 bits per heavy atom. The van der Waals surface area contributed by atoms with Crippen molar-refractivity contribution >= 4 is 21.4 Å². The van der Waals surface area contributed by atoms with E-state index in [1.54, 1.807) is 6.92 Å². The third-order valence-electron chi connectivity index (χ3n) is 3.34. The largest absolute Gasteiger partial charge is 0.396 e. The predicted molar refractivity (Wildman–Crippen MR) is 72.9 cm³/mol. The molecule has 0 saturated carbocycles. The number of sulfonamides is 1. The van der Waals surface area contributed by atoms with Gasteiger partial charge in [-0.25, -0.2) is 8.42 Å². The molecule has 1 aliphatic rings. The number of aromatic nitrogens is 1. The van der Waals surface area contributed by atoms with Crippen molar-refractivity contribution < 1.29 is 13.5 Å². The van der Waals surface area contributed by atoms with Crippen LogP contribution in [0.5, 0.6) is 0 Å². The van der Waals surface area contributed by atoms with Gasteiger partial charge < -0.3 is 10.1 Å². The number of rotatable bonds is 5.